The largest absolute Gasteiger partial charge is 0.244 e. The Morgan fingerprint density at radius 1 is 1.33 bits per heavy atom. The molecule has 0 unspecified atom stereocenters. The number of aromatic nitrogens is 1. The average Bonchev–Trinajstić information content (AvgIpc) is 2.01. The molecule has 0 aromatic carbocycles. The lowest BCUT2D eigenvalue weighted by Gasteiger charge is -2.05. The van der Waals surface area contributed by atoms with Crippen LogP contribution in [0.4, 0.5) is 0 Å². The predicted octanol–water partition coefficient (Wildman–Crippen LogP) is 3.10. The summed E-state index contributed by atoms with van der Waals surface area (Å²) < 4.78 is 1.60. The monoisotopic (exact) mass is 288 g/mol. The van der Waals surface area contributed by atoms with Crippen LogP contribution in [-0.4, -0.2) is 4.98 Å². The van der Waals surface area contributed by atoms with Crippen molar-refractivity contribution in [3.63, 3.8) is 0 Å². The van der Waals surface area contributed by atoms with E-state index in [-0.39, 0.29) is 0 Å². The number of pyridine rings is 1. The van der Waals surface area contributed by atoms with Crippen molar-refractivity contribution in [2.24, 2.45) is 0 Å². The van der Waals surface area contributed by atoms with E-state index in [2.05, 4.69) is 42.9 Å². The lowest BCUT2D eigenvalue weighted by atomic mass is 10.1. The quantitative estimate of drug-likeness (QED) is 0.688. The van der Waals surface area contributed by atoms with Crippen molar-refractivity contribution >= 4 is 31.9 Å². The van der Waals surface area contributed by atoms with Crippen LogP contribution < -0.4 is 0 Å². The maximum Gasteiger partial charge on any atom is 0.120 e. The first kappa shape index (κ1) is 9.69. The van der Waals surface area contributed by atoms with Crippen LogP contribution >= 0.6 is 31.9 Å². The van der Waals surface area contributed by atoms with E-state index in [1.165, 1.54) is 0 Å². The first-order valence-electron chi connectivity index (χ1n) is 3.30. The van der Waals surface area contributed by atoms with Crippen LogP contribution in [0.5, 0.6) is 0 Å². The molecule has 1 aromatic rings. The highest BCUT2D eigenvalue weighted by Gasteiger charge is 2.10. The minimum atomic E-state index is 0.644. The highest BCUT2D eigenvalue weighted by Crippen LogP contribution is 2.27. The molecule has 0 saturated carbocycles. The van der Waals surface area contributed by atoms with Gasteiger partial charge in [-0.2, -0.15) is 5.26 Å². The highest BCUT2D eigenvalue weighted by molar-refractivity contribution is 9.13. The van der Waals surface area contributed by atoms with Crippen molar-refractivity contribution in [1.82, 2.24) is 4.98 Å². The summed E-state index contributed by atoms with van der Waals surface area (Å²) in [4.78, 5) is 4.15. The second kappa shape index (κ2) is 3.55. The molecule has 0 fully saturated rings. The molecule has 62 valence electrons. The van der Waals surface area contributed by atoms with Crippen LogP contribution in [0.15, 0.2) is 9.08 Å². The molecule has 0 saturated heterocycles. The average molecular weight is 290 g/mol. The molecule has 12 heavy (non-hydrogen) atoms. The molecule has 0 amide bonds. The third-order valence-corrected chi connectivity index (χ3v) is 3.70. The third kappa shape index (κ3) is 1.52. The molecule has 0 aliphatic carbocycles. The topological polar surface area (TPSA) is 36.7 Å². The Bertz CT molecular complexity index is 366. The second-order valence-corrected chi connectivity index (χ2v) is 3.96. The summed E-state index contributed by atoms with van der Waals surface area (Å²) in [5, 5.41) is 8.79. The molecule has 1 rings (SSSR count). The molecule has 0 bridgehead atoms. The van der Waals surface area contributed by atoms with E-state index < -0.39 is 0 Å². The lowest BCUT2D eigenvalue weighted by Crippen LogP contribution is -1.94. The van der Waals surface area contributed by atoms with E-state index in [1.807, 2.05) is 13.8 Å². The first-order valence-corrected chi connectivity index (χ1v) is 4.88. The van der Waals surface area contributed by atoms with E-state index in [0.717, 1.165) is 20.3 Å². The van der Waals surface area contributed by atoms with Gasteiger partial charge in [-0.05, 0) is 51.3 Å². The van der Waals surface area contributed by atoms with Gasteiger partial charge >= 0.3 is 0 Å². The molecular formula is C8H6Br2N2. The van der Waals surface area contributed by atoms with Crippen LogP contribution in [0.3, 0.4) is 0 Å². The number of halogens is 2. The van der Waals surface area contributed by atoms with E-state index in [9.17, 15) is 0 Å². The van der Waals surface area contributed by atoms with Crippen molar-refractivity contribution in [3.05, 3.63) is 25.9 Å². The summed E-state index contributed by atoms with van der Waals surface area (Å²) in [6.45, 7) is 3.71. The summed E-state index contributed by atoms with van der Waals surface area (Å²) in [6, 6.07) is 2.12. The maximum absolute atomic E-state index is 8.79. The molecule has 0 atom stereocenters. The van der Waals surface area contributed by atoms with Crippen molar-refractivity contribution in [3.8, 4) is 6.07 Å². The SMILES string of the molecule is Cc1nc(Br)c(Br)c(C)c1C#N. The van der Waals surface area contributed by atoms with Gasteiger partial charge in [-0.25, -0.2) is 4.98 Å². The lowest BCUT2D eigenvalue weighted by molar-refractivity contribution is 1.11. The minimum Gasteiger partial charge on any atom is -0.244 e. The Labute approximate surface area is 87.9 Å². The van der Waals surface area contributed by atoms with Gasteiger partial charge in [0.1, 0.15) is 10.7 Å². The number of rotatable bonds is 0. The Morgan fingerprint density at radius 2 is 1.92 bits per heavy atom. The van der Waals surface area contributed by atoms with Crippen molar-refractivity contribution in [2.45, 2.75) is 13.8 Å². The number of aryl methyl sites for hydroxylation is 1. The fourth-order valence-electron chi connectivity index (χ4n) is 0.953. The Kier molecular flexibility index (Phi) is 2.86. The zero-order valence-electron chi connectivity index (χ0n) is 6.65. The maximum atomic E-state index is 8.79. The molecular weight excluding hydrogens is 284 g/mol. The predicted molar refractivity (Wildman–Crippen MR) is 53.8 cm³/mol. The zero-order chi connectivity index (χ0) is 9.30. The molecule has 0 aliphatic rings. The Hall–Kier alpha value is -0.400. The molecule has 0 radical (unpaired) electrons. The van der Waals surface area contributed by atoms with Gasteiger partial charge in [-0.15, -0.1) is 0 Å². The fraction of sp³-hybridized carbons (Fsp3) is 0.250. The van der Waals surface area contributed by atoms with Crippen LogP contribution in [-0.2, 0) is 0 Å². The summed E-state index contributed by atoms with van der Waals surface area (Å²) in [5.41, 5.74) is 2.33. The fourth-order valence-corrected chi connectivity index (χ4v) is 1.80. The van der Waals surface area contributed by atoms with Gasteiger partial charge in [0.2, 0.25) is 0 Å². The Balaban J connectivity index is 3.54. The third-order valence-electron chi connectivity index (χ3n) is 1.62. The smallest absolute Gasteiger partial charge is 0.120 e. The summed E-state index contributed by atoms with van der Waals surface area (Å²) in [7, 11) is 0. The highest BCUT2D eigenvalue weighted by atomic mass is 79.9. The zero-order valence-corrected chi connectivity index (χ0v) is 9.82. The number of hydrogen-bond donors (Lipinski definition) is 0. The van der Waals surface area contributed by atoms with Gasteiger partial charge in [0.05, 0.1) is 15.7 Å². The molecule has 4 heteroatoms. The number of hydrogen-bond acceptors (Lipinski definition) is 2. The van der Waals surface area contributed by atoms with Crippen LogP contribution in [0, 0.1) is 25.2 Å². The number of nitriles is 1. The normalized spacial score (nSPS) is 9.58. The van der Waals surface area contributed by atoms with E-state index >= 15 is 0 Å². The van der Waals surface area contributed by atoms with Crippen LogP contribution in [0.2, 0.25) is 0 Å². The summed E-state index contributed by atoms with van der Waals surface area (Å²) in [6.07, 6.45) is 0. The molecule has 0 N–H and O–H groups in total. The van der Waals surface area contributed by atoms with Crippen molar-refractivity contribution in [2.75, 3.05) is 0 Å². The van der Waals surface area contributed by atoms with Gasteiger partial charge in [0.15, 0.2) is 0 Å². The molecule has 0 spiro atoms. The second-order valence-electron chi connectivity index (χ2n) is 2.41. The van der Waals surface area contributed by atoms with E-state index in [0.29, 0.717) is 5.56 Å². The van der Waals surface area contributed by atoms with Crippen molar-refractivity contribution in [1.29, 1.82) is 5.26 Å². The Morgan fingerprint density at radius 3 is 2.42 bits per heavy atom. The van der Waals surface area contributed by atoms with Gasteiger partial charge in [0, 0.05) is 0 Å². The van der Waals surface area contributed by atoms with Gasteiger partial charge in [-0.3, -0.25) is 0 Å². The van der Waals surface area contributed by atoms with Gasteiger partial charge in [-0.1, -0.05) is 0 Å². The standard InChI is InChI=1S/C8H6Br2N2/c1-4-6(3-11)5(2)12-8(10)7(4)9/h1-2H3. The van der Waals surface area contributed by atoms with Gasteiger partial charge < -0.3 is 0 Å². The summed E-state index contributed by atoms with van der Waals surface area (Å²) >= 11 is 6.64. The molecule has 2 nitrogen and oxygen atoms in total. The molecule has 1 heterocycles. The van der Waals surface area contributed by atoms with E-state index in [4.69, 9.17) is 5.26 Å². The van der Waals surface area contributed by atoms with Crippen LogP contribution in [0.25, 0.3) is 0 Å². The van der Waals surface area contributed by atoms with Crippen molar-refractivity contribution < 1.29 is 0 Å². The summed E-state index contributed by atoms with van der Waals surface area (Å²) in [5.74, 6) is 0. The molecule has 1 aromatic heterocycles. The number of nitrogens with zero attached hydrogens (tertiary/aromatic N) is 2. The van der Waals surface area contributed by atoms with E-state index in [1.54, 1.807) is 0 Å². The minimum absolute atomic E-state index is 0.644. The van der Waals surface area contributed by atoms with Crippen LogP contribution in [0.1, 0.15) is 16.8 Å². The molecule has 0 aliphatic heterocycles. The first-order chi connectivity index (χ1) is 5.57. The van der Waals surface area contributed by atoms with Gasteiger partial charge in [0.25, 0.3) is 0 Å².